The van der Waals surface area contributed by atoms with Crippen LogP contribution < -0.4 is 5.32 Å². The van der Waals surface area contributed by atoms with Crippen LogP contribution in [0.4, 0.5) is 0 Å². The fourth-order valence-corrected chi connectivity index (χ4v) is 4.89. The van der Waals surface area contributed by atoms with Crippen LogP contribution in [-0.4, -0.2) is 74.6 Å². The molecule has 0 saturated carbocycles. The van der Waals surface area contributed by atoms with Gasteiger partial charge in [0.15, 0.2) is 0 Å². The van der Waals surface area contributed by atoms with E-state index in [0.717, 1.165) is 18.4 Å². The number of likely N-dealkylation sites (tertiary alicyclic amines) is 1. The molecule has 2 heterocycles. The molecular formula is C19H27N3O5S. The van der Waals surface area contributed by atoms with Crippen molar-refractivity contribution < 1.29 is 22.7 Å². The molecule has 0 spiro atoms. The highest BCUT2D eigenvalue weighted by Crippen LogP contribution is 2.25. The first-order valence-corrected chi connectivity index (χ1v) is 11.3. The van der Waals surface area contributed by atoms with Crippen LogP contribution in [0.2, 0.25) is 0 Å². The van der Waals surface area contributed by atoms with Gasteiger partial charge < -0.3 is 15.0 Å². The van der Waals surface area contributed by atoms with E-state index in [1.54, 1.807) is 4.90 Å². The molecule has 28 heavy (non-hydrogen) atoms. The van der Waals surface area contributed by atoms with E-state index < -0.39 is 16.1 Å². The van der Waals surface area contributed by atoms with Crippen molar-refractivity contribution in [2.24, 2.45) is 0 Å². The van der Waals surface area contributed by atoms with Gasteiger partial charge in [0, 0.05) is 32.6 Å². The number of carbonyl (C=O) groups excluding carboxylic acids is 2. The Balaban J connectivity index is 1.65. The Morgan fingerprint density at radius 3 is 2.50 bits per heavy atom. The summed E-state index contributed by atoms with van der Waals surface area (Å²) in [5, 5.41) is 2.72. The van der Waals surface area contributed by atoms with Crippen LogP contribution in [0.15, 0.2) is 30.3 Å². The van der Waals surface area contributed by atoms with Gasteiger partial charge >= 0.3 is 0 Å². The summed E-state index contributed by atoms with van der Waals surface area (Å²) in [5.74, 6) is -0.566. The number of hydrogen-bond acceptors (Lipinski definition) is 5. The number of rotatable bonds is 7. The first-order chi connectivity index (χ1) is 13.5. The largest absolute Gasteiger partial charge is 0.379 e. The Bertz CT molecular complexity index is 778. The van der Waals surface area contributed by atoms with Gasteiger partial charge in [0.2, 0.25) is 21.8 Å². The van der Waals surface area contributed by atoms with Crippen molar-refractivity contribution in [2.75, 3.05) is 45.1 Å². The molecule has 2 saturated heterocycles. The number of carbonyl (C=O) groups is 2. The Kier molecular flexibility index (Phi) is 7.03. The van der Waals surface area contributed by atoms with Crippen LogP contribution in [0.5, 0.6) is 0 Å². The summed E-state index contributed by atoms with van der Waals surface area (Å²) in [5.41, 5.74) is 0.728. The summed E-state index contributed by atoms with van der Waals surface area (Å²) < 4.78 is 31.4. The van der Waals surface area contributed by atoms with Crippen molar-refractivity contribution in [1.82, 2.24) is 14.5 Å². The number of amides is 2. The van der Waals surface area contributed by atoms with Gasteiger partial charge in [-0.3, -0.25) is 9.59 Å². The van der Waals surface area contributed by atoms with E-state index in [0.29, 0.717) is 39.3 Å². The van der Waals surface area contributed by atoms with E-state index >= 15 is 0 Å². The third-order valence-electron chi connectivity index (χ3n) is 5.06. The Hall–Kier alpha value is -1.97. The van der Waals surface area contributed by atoms with Crippen molar-refractivity contribution >= 4 is 21.8 Å². The minimum Gasteiger partial charge on any atom is -0.379 e. The quantitative estimate of drug-likeness (QED) is 0.708. The van der Waals surface area contributed by atoms with Gasteiger partial charge in [-0.25, -0.2) is 8.42 Å². The van der Waals surface area contributed by atoms with Crippen LogP contribution in [0.25, 0.3) is 0 Å². The van der Waals surface area contributed by atoms with Crippen molar-refractivity contribution in [3.05, 3.63) is 35.9 Å². The van der Waals surface area contributed by atoms with E-state index in [1.807, 2.05) is 30.3 Å². The SMILES string of the molecule is O=C(NCCS(=O)(=O)N1CCOCC1)C(c1ccccc1)N1CCCCC1=O. The second kappa shape index (κ2) is 9.49. The van der Waals surface area contributed by atoms with Crippen LogP contribution in [0.3, 0.4) is 0 Å². The Labute approximate surface area is 165 Å². The van der Waals surface area contributed by atoms with Crippen molar-refractivity contribution in [3.63, 3.8) is 0 Å². The zero-order chi connectivity index (χ0) is 20.0. The first-order valence-electron chi connectivity index (χ1n) is 9.67. The summed E-state index contributed by atoms with van der Waals surface area (Å²) in [6, 6.07) is 8.40. The van der Waals surface area contributed by atoms with E-state index in [2.05, 4.69) is 5.32 Å². The summed E-state index contributed by atoms with van der Waals surface area (Å²) in [6.45, 7) is 1.98. The number of piperidine rings is 1. The van der Waals surface area contributed by atoms with Crippen LogP contribution >= 0.6 is 0 Å². The molecule has 8 nitrogen and oxygen atoms in total. The summed E-state index contributed by atoms with van der Waals surface area (Å²) >= 11 is 0. The molecule has 0 bridgehead atoms. The number of ether oxygens (including phenoxy) is 1. The molecule has 2 amide bonds. The average Bonchev–Trinajstić information content (AvgIpc) is 2.71. The number of sulfonamides is 1. The molecule has 9 heteroatoms. The van der Waals surface area contributed by atoms with Gasteiger partial charge in [-0.1, -0.05) is 30.3 Å². The number of hydrogen-bond donors (Lipinski definition) is 1. The lowest BCUT2D eigenvalue weighted by molar-refractivity contribution is -0.142. The van der Waals surface area contributed by atoms with Gasteiger partial charge in [0.05, 0.1) is 19.0 Å². The van der Waals surface area contributed by atoms with Gasteiger partial charge in [0.1, 0.15) is 6.04 Å². The van der Waals surface area contributed by atoms with Gasteiger partial charge in [-0.2, -0.15) is 4.31 Å². The minimum absolute atomic E-state index is 0.00386. The molecule has 154 valence electrons. The lowest BCUT2D eigenvalue weighted by Gasteiger charge is -2.34. The Morgan fingerprint density at radius 2 is 1.82 bits per heavy atom. The topological polar surface area (TPSA) is 96.0 Å². The molecular weight excluding hydrogens is 382 g/mol. The molecule has 0 aromatic heterocycles. The molecule has 0 radical (unpaired) electrons. The second-order valence-electron chi connectivity index (χ2n) is 6.98. The molecule has 1 aromatic rings. The molecule has 1 unspecified atom stereocenters. The standard InChI is InChI=1S/C19H27N3O5S/c23-17-8-4-5-10-22(17)18(16-6-2-1-3-7-16)19(24)20-9-15-28(25,26)21-11-13-27-14-12-21/h1-3,6-7,18H,4-5,8-15H2,(H,20,24). The van der Waals surface area contributed by atoms with Crippen LogP contribution in [-0.2, 0) is 24.3 Å². The molecule has 0 aliphatic carbocycles. The first kappa shape index (κ1) is 20.8. The minimum atomic E-state index is -3.45. The molecule has 1 aromatic carbocycles. The van der Waals surface area contributed by atoms with Crippen molar-refractivity contribution in [3.8, 4) is 0 Å². The number of benzene rings is 1. The number of nitrogens with one attached hydrogen (secondary N) is 1. The van der Waals surface area contributed by atoms with Crippen molar-refractivity contribution in [2.45, 2.75) is 25.3 Å². The molecule has 3 rings (SSSR count). The molecule has 2 aliphatic heterocycles. The molecule has 1 atom stereocenters. The smallest absolute Gasteiger partial charge is 0.247 e. The normalized spacial score (nSPS) is 20.0. The molecule has 2 aliphatic rings. The third kappa shape index (κ3) is 5.09. The second-order valence-corrected chi connectivity index (χ2v) is 9.06. The predicted molar refractivity (Wildman–Crippen MR) is 104 cm³/mol. The lowest BCUT2D eigenvalue weighted by atomic mass is 10.0. The maximum absolute atomic E-state index is 12.9. The van der Waals surface area contributed by atoms with Gasteiger partial charge in [-0.15, -0.1) is 0 Å². The average molecular weight is 410 g/mol. The molecule has 2 fully saturated rings. The van der Waals surface area contributed by atoms with Gasteiger partial charge in [0.25, 0.3) is 0 Å². The fraction of sp³-hybridized carbons (Fsp3) is 0.579. The number of nitrogens with zero attached hydrogens (tertiary/aromatic N) is 2. The molecule has 1 N–H and O–H groups in total. The highest BCUT2D eigenvalue weighted by molar-refractivity contribution is 7.89. The van der Waals surface area contributed by atoms with E-state index in [4.69, 9.17) is 4.74 Å². The fourth-order valence-electron chi connectivity index (χ4n) is 3.56. The van der Waals surface area contributed by atoms with E-state index in [9.17, 15) is 18.0 Å². The summed E-state index contributed by atoms with van der Waals surface area (Å²) in [4.78, 5) is 26.9. The maximum Gasteiger partial charge on any atom is 0.247 e. The Morgan fingerprint density at radius 1 is 1.11 bits per heavy atom. The number of morpholine rings is 1. The highest BCUT2D eigenvalue weighted by atomic mass is 32.2. The van der Waals surface area contributed by atoms with E-state index in [-0.39, 0.29) is 24.1 Å². The van der Waals surface area contributed by atoms with Crippen molar-refractivity contribution in [1.29, 1.82) is 0 Å². The third-order valence-corrected chi connectivity index (χ3v) is 6.93. The predicted octanol–water partition coefficient (Wildman–Crippen LogP) is 0.518. The zero-order valence-electron chi connectivity index (χ0n) is 15.9. The summed E-state index contributed by atoms with van der Waals surface area (Å²) in [7, 11) is -3.45. The van der Waals surface area contributed by atoms with Gasteiger partial charge in [-0.05, 0) is 18.4 Å². The van der Waals surface area contributed by atoms with E-state index in [1.165, 1.54) is 4.31 Å². The lowest BCUT2D eigenvalue weighted by Crippen LogP contribution is -2.47. The van der Waals surface area contributed by atoms with Crippen LogP contribution in [0.1, 0.15) is 30.9 Å². The summed E-state index contributed by atoms with van der Waals surface area (Å²) in [6.07, 6.45) is 2.12. The maximum atomic E-state index is 12.9. The van der Waals surface area contributed by atoms with Crippen LogP contribution in [0, 0.1) is 0 Å². The highest BCUT2D eigenvalue weighted by Gasteiger charge is 2.33. The zero-order valence-corrected chi connectivity index (χ0v) is 16.7. The monoisotopic (exact) mass is 409 g/mol.